The van der Waals surface area contributed by atoms with Crippen molar-refractivity contribution in [2.24, 2.45) is 0 Å². The van der Waals surface area contributed by atoms with E-state index in [0.717, 1.165) is 12.0 Å². The van der Waals surface area contributed by atoms with Crippen LogP contribution in [0.1, 0.15) is 65.9 Å². The highest BCUT2D eigenvalue weighted by atomic mass is 32.2. The molecule has 1 aromatic carbocycles. The molecule has 0 spiro atoms. The molecular formula is C21H34O5S. The van der Waals surface area contributed by atoms with E-state index < -0.39 is 14.6 Å². The Bertz CT molecular complexity index is 702. The average molecular weight is 399 g/mol. The molecule has 154 valence electrons. The number of rotatable bonds is 12. The second-order valence-corrected chi connectivity index (χ2v) is 10.5. The van der Waals surface area contributed by atoms with E-state index in [0.29, 0.717) is 50.4 Å². The summed E-state index contributed by atoms with van der Waals surface area (Å²) in [5, 5.41) is 0. The molecule has 0 bridgehead atoms. The van der Waals surface area contributed by atoms with Gasteiger partial charge in [-0.05, 0) is 65.2 Å². The number of hydrogen-bond donors (Lipinski definition) is 0. The highest BCUT2D eigenvalue weighted by molar-refractivity contribution is 7.92. The quantitative estimate of drug-likeness (QED) is 0.489. The maximum absolute atomic E-state index is 12.2. The van der Waals surface area contributed by atoms with Crippen LogP contribution >= 0.6 is 0 Å². The fourth-order valence-corrected chi connectivity index (χ4v) is 3.82. The van der Waals surface area contributed by atoms with E-state index in [1.165, 1.54) is 0 Å². The minimum atomic E-state index is -3.08. The molecule has 0 aliphatic heterocycles. The maximum atomic E-state index is 12.2. The van der Waals surface area contributed by atoms with Crippen LogP contribution in [-0.2, 0) is 21.1 Å². The van der Waals surface area contributed by atoms with Gasteiger partial charge in [0.05, 0.1) is 23.7 Å². The maximum Gasteiger partial charge on any atom is 0.161 e. The van der Waals surface area contributed by atoms with Crippen LogP contribution in [0.2, 0.25) is 0 Å². The molecule has 0 fully saturated rings. The number of carbonyl (C=O) groups excluding carboxylic acids is 1. The Morgan fingerprint density at radius 3 is 2.19 bits per heavy atom. The van der Waals surface area contributed by atoms with Gasteiger partial charge in [-0.1, -0.05) is 12.5 Å². The molecule has 6 heteroatoms. The van der Waals surface area contributed by atoms with Crippen LogP contribution in [0.25, 0.3) is 0 Å². The Morgan fingerprint density at radius 2 is 1.59 bits per heavy atom. The van der Waals surface area contributed by atoms with Gasteiger partial charge in [0.2, 0.25) is 0 Å². The molecule has 0 amide bonds. The van der Waals surface area contributed by atoms with E-state index in [-0.39, 0.29) is 11.5 Å². The molecule has 0 saturated heterocycles. The molecular weight excluding hydrogens is 364 g/mol. The van der Waals surface area contributed by atoms with Gasteiger partial charge in [0.1, 0.15) is 5.78 Å². The first-order chi connectivity index (χ1) is 12.6. The normalized spacial score (nSPS) is 12.0. The van der Waals surface area contributed by atoms with Crippen molar-refractivity contribution in [3.63, 3.8) is 0 Å². The minimum absolute atomic E-state index is 0.153. The molecule has 1 aromatic rings. The molecule has 0 unspecified atom stereocenters. The first-order valence-electron chi connectivity index (χ1n) is 9.73. The molecule has 0 N–H and O–H groups in total. The smallest absolute Gasteiger partial charge is 0.161 e. The lowest BCUT2D eigenvalue weighted by molar-refractivity contribution is -0.118. The summed E-state index contributed by atoms with van der Waals surface area (Å²) in [5.41, 5.74) is 0.905. The fraction of sp³-hybridized carbons (Fsp3) is 0.667. The van der Waals surface area contributed by atoms with Gasteiger partial charge >= 0.3 is 0 Å². The predicted molar refractivity (Wildman–Crippen MR) is 109 cm³/mol. The molecule has 0 saturated carbocycles. The van der Waals surface area contributed by atoms with E-state index in [4.69, 9.17) is 9.47 Å². The van der Waals surface area contributed by atoms with E-state index >= 15 is 0 Å². The van der Waals surface area contributed by atoms with Crippen molar-refractivity contribution in [3.8, 4) is 11.5 Å². The molecule has 5 nitrogen and oxygen atoms in total. The third-order valence-corrected chi connectivity index (χ3v) is 7.00. The minimum Gasteiger partial charge on any atom is -0.490 e. The molecule has 0 aliphatic rings. The molecule has 0 aliphatic carbocycles. The van der Waals surface area contributed by atoms with Crippen LogP contribution in [-0.4, -0.2) is 37.9 Å². The van der Waals surface area contributed by atoms with Gasteiger partial charge in [-0.2, -0.15) is 0 Å². The highest BCUT2D eigenvalue weighted by Gasteiger charge is 2.27. The van der Waals surface area contributed by atoms with Crippen molar-refractivity contribution in [3.05, 3.63) is 23.8 Å². The van der Waals surface area contributed by atoms with Gasteiger partial charge in [0.15, 0.2) is 21.3 Å². The number of Topliss-reactive ketones (excluding diaryl/α,β-unsaturated/α-hetero) is 1. The molecule has 0 radical (unpaired) electrons. The number of sulfone groups is 1. The average Bonchev–Trinajstić information content (AvgIpc) is 2.56. The summed E-state index contributed by atoms with van der Waals surface area (Å²) >= 11 is 0. The summed E-state index contributed by atoms with van der Waals surface area (Å²) < 4.78 is 34.5. The Morgan fingerprint density at radius 1 is 0.963 bits per heavy atom. The largest absolute Gasteiger partial charge is 0.490 e. The number of unbranched alkanes of at least 4 members (excludes halogenated alkanes) is 2. The molecule has 0 atom stereocenters. The summed E-state index contributed by atoms with van der Waals surface area (Å²) in [6.07, 6.45) is 2.88. The number of ether oxygens (including phenoxy) is 2. The monoisotopic (exact) mass is 398 g/mol. The van der Waals surface area contributed by atoms with Crippen LogP contribution in [0.15, 0.2) is 18.2 Å². The van der Waals surface area contributed by atoms with Crippen molar-refractivity contribution in [2.75, 3.05) is 19.0 Å². The molecule has 1 rings (SSSR count). The van der Waals surface area contributed by atoms with Crippen LogP contribution in [0.4, 0.5) is 0 Å². The Labute approximate surface area is 164 Å². The molecule has 0 aromatic heterocycles. The third-order valence-electron chi connectivity index (χ3n) is 4.31. The standard InChI is InChI=1S/C21H34O5S/c1-6-25-19-13-12-17(16-20(19)26-7-2)15-18(22)11-9-8-10-14-27(23,24)21(3,4)5/h12-13,16H,6-11,14-15H2,1-5H3. The zero-order chi connectivity index (χ0) is 20.5. The Hall–Kier alpha value is -1.56. The first kappa shape index (κ1) is 23.5. The number of benzene rings is 1. The van der Waals surface area contributed by atoms with Crippen molar-refractivity contribution >= 4 is 15.6 Å². The van der Waals surface area contributed by atoms with E-state index in [1.54, 1.807) is 20.8 Å². The lowest BCUT2D eigenvalue weighted by Gasteiger charge is -2.18. The molecule has 0 heterocycles. The van der Waals surface area contributed by atoms with Gasteiger partial charge < -0.3 is 9.47 Å². The van der Waals surface area contributed by atoms with Crippen molar-refractivity contribution in [1.29, 1.82) is 0 Å². The van der Waals surface area contributed by atoms with Gasteiger partial charge in [0.25, 0.3) is 0 Å². The van der Waals surface area contributed by atoms with Crippen molar-refractivity contribution in [1.82, 2.24) is 0 Å². The van der Waals surface area contributed by atoms with Crippen LogP contribution < -0.4 is 9.47 Å². The summed E-state index contributed by atoms with van der Waals surface area (Å²) in [5.74, 6) is 1.69. The van der Waals surface area contributed by atoms with E-state index in [1.807, 2.05) is 32.0 Å². The van der Waals surface area contributed by atoms with Gasteiger partial charge in [-0.15, -0.1) is 0 Å². The van der Waals surface area contributed by atoms with Gasteiger partial charge in [0, 0.05) is 12.8 Å². The highest BCUT2D eigenvalue weighted by Crippen LogP contribution is 2.29. The lowest BCUT2D eigenvalue weighted by Crippen LogP contribution is -2.30. The van der Waals surface area contributed by atoms with E-state index in [9.17, 15) is 13.2 Å². The zero-order valence-electron chi connectivity index (χ0n) is 17.3. The number of hydrogen-bond acceptors (Lipinski definition) is 5. The molecule has 27 heavy (non-hydrogen) atoms. The third kappa shape index (κ3) is 7.91. The Kier molecular flexibility index (Phi) is 9.30. The second-order valence-electron chi connectivity index (χ2n) is 7.60. The second kappa shape index (κ2) is 10.7. The van der Waals surface area contributed by atoms with Gasteiger partial charge in [-0.3, -0.25) is 4.79 Å². The van der Waals surface area contributed by atoms with Crippen molar-refractivity contribution in [2.45, 2.75) is 71.5 Å². The van der Waals surface area contributed by atoms with Crippen LogP contribution in [0, 0.1) is 0 Å². The van der Waals surface area contributed by atoms with Gasteiger partial charge in [-0.25, -0.2) is 8.42 Å². The van der Waals surface area contributed by atoms with Crippen molar-refractivity contribution < 1.29 is 22.7 Å². The van der Waals surface area contributed by atoms with Crippen LogP contribution in [0.3, 0.4) is 0 Å². The summed E-state index contributed by atoms with van der Waals surface area (Å²) in [6.45, 7) is 10.1. The Balaban J connectivity index is 2.45. The summed E-state index contributed by atoms with van der Waals surface area (Å²) in [6, 6.07) is 5.60. The predicted octanol–water partition coefficient (Wildman–Crippen LogP) is 4.37. The summed E-state index contributed by atoms with van der Waals surface area (Å²) in [7, 11) is -3.08. The number of carbonyl (C=O) groups is 1. The number of ketones is 1. The SMILES string of the molecule is CCOc1ccc(CC(=O)CCCCCS(=O)(=O)C(C)(C)C)cc1OCC. The fourth-order valence-electron chi connectivity index (χ4n) is 2.62. The van der Waals surface area contributed by atoms with Crippen LogP contribution in [0.5, 0.6) is 11.5 Å². The zero-order valence-corrected chi connectivity index (χ0v) is 18.2. The van der Waals surface area contributed by atoms with E-state index in [2.05, 4.69) is 0 Å². The lowest BCUT2D eigenvalue weighted by atomic mass is 10.0. The topological polar surface area (TPSA) is 69.7 Å². The summed E-state index contributed by atoms with van der Waals surface area (Å²) in [4.78, 5) is 12.2. The first-order valence-corrected chi connectivity index (χ1v) is 11.4.